The predicted molar refractivity (Wildman–Crippen MR) is 102 cm³/mol. The van der Waals surface area contributed by atoms with E-state index in [1.54, 1.807) is 6.26 Å². The Hall–Kier alpha value is -3.13. The zero-order valence-electron chi connectivity index (χ0n) is 14.0. The van der Waals surface area contributed by atoms with Crippen molar-refractivity contribution in [2.24, 2.45) is 0 Å². The Bertz CT molecular complexity index is 819. The van der Waals surface area contributed by atoms with E-state index in [2.05, 4.69) is 36.4 Å². The summed E-state index contributed by atoms with van der Waals surface area (Å²) in [6, 6.07) is 29.0. The molecule has 25 heavy (non-hydrogen) atoms. The van der Waals surface area contributed by atoms with E-state index in [1.165, 1.54) is 16.7 Å². The summed E-state index contributed by atoms with van der Waals surface area (Å²) >= 11 is 0. The van der Waals surface area contributed by atoms with Crippen molar-refractivity contribution in [2.75, 3.05) is 0 Å². The summed E-state index contributed by atoms with van der Waals surface area (Å²) in [5.74, 6) is 0. The van der Waals surface area contributed by atoms with Gasteiger partial charge in [0, 0.05) is 0 Å². The van der Waals surface area contributed by atoms with Crippen molar-refractivity contribution in [2.45, 2.75) is 12.8 Å². The lowest BCUT2D eigenvalue weighted by Crippen LogP contribution is -1.92. The van der Waals surface area contributed by atoms with Gasteiger partial charge in [-0.15, -0.1) is 0 Å². The average Bonchev–Trinajstić information content (AvgIpc) is 2.70. The Labute approximate surface area is 148 Å². The van der Waals surface area contributed by atoms with Gasteiger partial charge in [-0.25, -0.2) is 0 Å². The first-order valence-corrected chi connectivity index (χ1v) is 8.35. The second-order valence-electron chi connectivity index (χ2n) is 5.80. The molecule has 0 amide bonds. The fraction of sp³-hybridized carbons (Fsp3) is 0.0870. The lowest BCUT2D eigenvalue weighted by Gasteiger charge is -2.08. The number of rotatable bonds is 7. The van der Waals surface area contributed by atoms with Gasteiger partial charge in [0.15, 0.2) is 0 Å². The molecule has 0 fully saturated rings. The summed E-state index contributed by atoms with van der Waals surface area (Å²) in [4.78, 5) is 10.5. The van der Waals surface area contributed by atoms with E-state index >= 15 is 0 Å². The highest BCUT2D eigenvalue weighted by Gasteiger charge is 2.04. The second-order valence-corrected chi connectivity index (χ2v) is 5.80. The van der Waals surface area contributed by atoms with Crippen molar-refractivity contribution < 1.29 is 9.53 Å². The highest BCUT2D eigenvalue weighted by Crippen LogP contribution is 2.23. The minimum Gasteiger partial charge on any atom is -0.436 e. The molecule has 0 aliphatic carbocycles. The van der Waals surface area contributed by atoms with Gasteiger partial charge in [-0.1, -0.05) is 84.9 Å². The first kappa shape index (κ1) is 16.7. The van der Waals surface area contributed by atoms with E-state index in [0.29, 0.717) is 6.47 Å². The highest BCUT2D eigenvalue weighted by atomic mass is 16.5. The quantitative estimate of drug-likeness (QED) is 0.423. The van der Waals surface area contributed by atoms with Crippen LogP contribution in [0.5, 0.6) is 0 Å². The second kappa shape index (κ2) is 8.65. The summed E-state index contributed by atoms with van der Waals surface area (Å²) in [5, 5.41) is 0. The maximum absolute atomic E-state index is 10.5. The SMILES string of the molecule is O=COC=C(CCc1ccc(-c2ccccc2)cc1)c1ccccc1. The van der Waals surface area contributed by atoms with E-state index in [0.717, 1.165) is 24.0 Å². The molecule has 0 aromatic heterocycles. The summed E-state index contributed by atoms with van der Waals surface area (Å²) < 4.78 is 4.87. The molecule has 2 nitrogen and oxygen atoms in total. The zero-order chi connectivity index (χ0) is 17.3. The molecule has 0 heterocycles. The molecular weight excluding hydrogens is 308 g/mol. The van der Waals surface area contributed by atoms with Gasteiger partial charge in [0.25, 0.3) is 6.47 Å². The molecule has 2 heteroatoms. The molecule has 124 valence electrons. The van der Waals surface area contributed by atoms with Crippen LogP contribution >= 0.6 is 0 Å². The zero-order valence-corrected chi connectivity index (χ0v) is 14.0. The van der Waals surface area contributed by atoms with Crippen LogP contribution in [-0.2, 0) is 16.0 Å². The third-order valence-electron chi connectivity index (χ3n) is 4.15. The molecule has 3 aromatic rings. The normalized spacial score (nSPS) is 11.1. The number of allylic oxidation sites excluding steroid dienone is 1. The molecule has 0 aliphatic heterocycles. The molecule has 0 spiro atoms. The van der Waals surface area contributed by atoms with Gasteiger partial charge in [0.05, 0.1) is 6.26 Å². The van der Waals surface area contributed by atoms with Gasteiger partial charge in [-0.3, -0.25) is 4.79 Å². The van der Waals surface area contributed by atoms with Gasteiger partial charge in [0.1, 0.15) is 0 Å². The van der Waals surface area contributed by atoms with E-state index in [1.807, 2.05) is 48.5 Å². The molecule has 0 saturated carbocycles. The first-order valence-electron chi connectivity index (χ1n) is 8.35. The van der Waals surface area contributed by atoms with Gasteiger partial charge in [-0.05, 0) is 40.7 Å². The van der Waals surface area contributed by atoms with Gasteiger partial charge in [0.2, 0.25) is 0 Å². The Morgan fingerprint density at radius 3 is 2.00 bits per heavy atom. The molecule has 0 saturated heterocycles. The fourth-order valence-electron chi connectivity index (χ4n) is 2.81. The summed E-state index contributed by atoms with van der Waals surface area (Å²) in [7, 11) is 0. The number of ether oxygens (including phenoxy) is 1. The smallest absolute Gasteiger partial charge is 0.297 e. The van der Waals surface area contributed by atoms with Gasteiger partial charge < -0.3 is 4.74 Å². The largest absolute Gasteiger partial charge is 0.436 e. The van der Waals surface area contributed by atoms with Crippen molar-refractivity contribution in [3.05, 3.63) is 102 Å². The Balaban J connectivity index is 1.70. The summed E-state index contributed by atoms with van der Waals surface area (Å²) in [5.41, 5.74) is 5.78. The molecule has 3 aromatic carbocycles. The highest BCUT2D eigenvalue weighted by molar-refractivity contribution is 5.66. The third-order valence-corrected chi connectivity index (χ3v) is 4.15. The number of aryl methyl sites for hydroxylation is 1. The Kier molecular flexibility index (Phi) is 5.78. The van der Waals surface area contributed by atoms with Crippen LogP contribution in [0, 0.1) is 0 Å². The first-order chi connectivity index (χ1) is 12.4. The number of hydrogen-bond donors (Lipinski definition) is 0. The van der Waals surface area contributed by atoms with Crippen LogP contribution in [0.25, 0.3) is 16.7 Å². The van der Waals surface area contributed by atoms with Gasteiger partial charge in [-0.2, -0.15) is 0 Å². The maximum Gasteiger partial charge on any atom is 0.297 e. The minimum absolute atomic E-state index is 0.456. The molecular formula is C23H20O2. The van der Waals surface area contributed by atoms with Crippen LogP contribution in [0.1, 0.15) is 17.5 Å². The van der Waals surface area contributed by atoms with Crippen LogP contribution in [0.15, 0.2) is 91.2 Å². The van der Waals surface area contributed by atoms with E-state index < -0.39 is 0 Å². The molecule has 0 unspecified atom stereocenters. The van der Waals surface area contributed by atoms with Crippen LogP contribution in [0.2, 0.25) is 0 Å². The lowest BCUT2D eigenvalue weighted by molar-refractivity contribution is -0.123. The third kappa shape index (κ3) is 4.67. The Morgan fingerprint density at radius 1 is 0.760 bits per heavy atom. The number of hydrogen-bond acceptors (Lipinski definition) is 2. The molecule has 0 N–H and O–H groups in total. The minimum atomic E-state index is 0.456. The molecule has 3 rings (SSSR count). The average molecular weight is 328 g/mol. The predicted octanol–water partition coefficient (Wildman–Crippen LogP) is 5.50. The number of benzene rings is 3. The van der Waals surface area contributed by atoms with Crippen molar-refractivity contribution in [1.29, 1.82) is 0 Å². The van der Waals surface area contributed by atoms with Crippen molar-refractivity contribution >= 4 is 12.0 Å². The fourth-order valence-corrected chi connectivity index (χ4v) is 2.81. The molecule has 0 radical (unpaired) electrons. The van der Waals surface area contributed by atoms with E-state index in [4.69, 9.17) is 4.74 Å². The summed E-state index contributed by atoms with van der Waals surface area (Å²) in [6.07, 6.45) is 3.24. The van der Waals surface area contributed by atoms with E-state index in [9.17, 15) is 4.79 Å². The number of carbonyl (C=O) groups is 1. The van der Waals surface area contributed by atoms with Crippen molar-refractivity contribution in [1.82, 2.24) is 0 Å². The lowest BCUT2D eigenvalue weighted by atomic mass is 9.98. The molecule has 0 bridgehead atoms. The number of carbonyl (C=O) groups excluding carboxylic acids is 1. The topological polar surface area (TPSA) is 26.3 Å². The standard InChI is InChI=1S/C23H20O2/c24-18-25-17-23(21-9-5-2-6-10-21)16-13-19-11-14-22(15-12-19)20-7-3-1-4-8-20/h1-12,14-15,17-18H,13,16H2. The van der Waals surface area contributed by atoms with Crippen LogP contribution in [0.3, 0.4) is 0 Å². The monoisotopic (exact) mass is 328 g/mol. The van der Waals surface area contributed by atoms with Crippen LogP contribution < -0.4 is 0 Å². The van der Waals surface area contributed by atoms with Gasteiger partial charge >= 0.3 is 0 Å². The maximum atomic E-state index is 10.5. The molecule has 0 aliphatic rings. The van der Waals surface area contributed by atoms with Crippen molar-refractivity contribution in [3.63, 3.8) is 0 Å². The van der Waals surface area contributed by atoms with Crippen LogP contribution in [-0.4, -0.2) is 6.47 Å². The van der Waals surface area contributed by atoms with E-state index in [-0.39, 0.29) is 0 Å². The van der Waals surface area contributed by atoms with Crippen molar-refractivity contribution in [3.8, 4) is 11.1 Å². The summed E-state index contributed by atoms with van der Waals surface area (Å²) in [6.45, 7) is 0.456. The van der Waals surface area contributed by atoms with Crippen LogP contribution in [0.4, 0.5) is 0 Å². The molecule has 0 atom stereocenters. The Morgan fingerprint density at radius 2 is 1.36 bits per heavy atom.